The summed E-state index contributed by atoms with van der Waals surface area (Å²) in [4.78, 5) is 25.0. The monoisotopic (exact) mass is 488 g/mol. The van der Waals surface area contributed by atoms with Crippen LogP contribution in [0.15, 0.2) is 109 Å². The molecule has 7 heteroatoms. The van der Waals surface area contributed by atoms with Gasteiger partial charge in [-0.15, -0.1) is 0 Å². The Kier molecular flexibility index (Phi) is 6.92. The van der Waals surface area contributed by atoms with Crippen LogP contribution in [-0.2, 0) is 5.41 Å². The van der Waals surface area contributed by atoms with Gasteiger partial charge in [-0.2, -0.15) is 13.2 Å². The van der Waals surface area contributed by atoms with Gasteiger partial charge in [-0.1, -0.05) is 60.7 Å². The molecular formula is C29H23F3N2O2. The van der Waals surface area contributed by atoms with Crippen LogP contribution in [0.4, 0.5) is 24.5 Å². The topological polar surface area (TPSA) is 58.2 Å². The van der Waals surface area contributed by atoms with Crippen LogP contribution >= 0.6 is 0 Å². The second kappa shape index (κ2) is 10.1. The summed E-state index contributed by atoms with van der Waals surface area (Å²) in [5.74, 6) is -0.842. The minimum absolute atomic E-state index is 0.0206. The van der Waals surface area contributed by atoms with Gasteiger partial charge in [0.25, 0.3) is 11.8 Å². The van der Waals surface area contributed by atoms with Crippen LogP contribution in [0.2, 0.25) is 0 Å². The zero-order chi connectivity index (χ0) is 25.8. The minimum atomic E-state index is -4.63. The molecule has 0 aromatic heterocycles. The van der Waals surface area contributed by atoms with E-state index >= 15 is 0 Å². The second-order valence-corrected chi connectivity index (χ2v) is 8.42. The first-order valence-electron chi connectivity index (χ1n) is 11.2. The molecular weight excluding hydrogens is 465 g/mol. The molecule has 36 heavy (non-hydrogen) atoms. The number of hydrogen-bond acceptors (Lipinski definition) is 2. The number of para-hydroxylation sites is 2. The third-order valence-corrected chi connectivity index (χ3v) is 6.08. The van der Waals surface area contributed by atoms with Crippen LogP contribution < -0.4 is 10.6 Å². The van der Waals surface area contributed by atoms with Gasteiger partial charge in [0.05, 0.1) is 0 Å². The highest BCUT2D eigenvalue weighted by atomic mass is 19.4. The average molecular weight is 489 g/mol. The molecule has 182 valence electrons. The van der Waals surface area contributed by atoms with E-state index in [1.807, 2.05) is 12.1 Å². The van der Waals surface area contributed by atoms with Crippen molar-refractivity contribution < 1.29 is 22.8 Å². The first kappa shape index (κ1) is 24.7. The van der Waals surface area contributed by atoms with Crippen molar-refractivity contribution in [1.82, 2.24) is 0 Å². The van der Waals surface area contributed by atoms with Crippen LogP contribution in [0.5, 0.6) is 0 Å². The molecule has 2 amide bonds. The van der Waals surface area contributed by atoms with E-state index in [-0.39, 0.29) is 22.3 Å². The molecule has 0 aliphatic carbocycles. The molecule has 0 saturated carbocycles. The van der Waals surface area contributed by atoms with Gasteiger partial charge in [0, 0.05) is 22.5 Å². The van der Waals surface area contributed by atoms with Crippen LogP contribution in [0.1, 0.15) is 38.8 Å². The Labute approximate surface area is 206 Å². The van der Waals surface area contributed by atoms with Crippen LogP contribution in [0, 0.1) is 0 Å². The lowest BCUT2D eigenvalue weighted by Gasteiger charge is -2.33. The number of anilines is 2. The van der Waals surface area contributed by atoms with E-state index in [0.717, 1.165) is 6.92 Å². The van der Waals surface area contributed by atoms with Gasteiger partial charge >= 0.3 is 6.18 Å². The summed E-state index contributed by atoms with van der Waals surface area (Å²) >= 11 is 0. The molecule has 4 nitrogen and oxygen atoms in total. The number of carbonyl (C=O) groups excluding carboxylic acids is 2. The maximum absolute atomic E-state index is 14.4. The van der Waals surface area contributed by atoms with Crippen molar-refractivity contribution in [3.05, 3.63) is 131 Å². The van der Waals surface area contributed by atoms with Gasteiger partial charge in [-0.25, -0.2) is 0 Å². The predicted octanol–water partition coefficient (Wildman–Crippen LogP) is 7.06. The largest absolute Gasteiger partial charge is 0.402 e. The summed E-state index contributed by atoms with van der Waals surface area (Å²) in [6.07, 6.45) is -4.63. The molecule has 0 atom stereocenters. The van der Waals surface area contributed by atoms with Gasteiger partial charge in [-0.3, -0.25) is 9.59 Å². The third-order valence-electron chi connectivity index (χ3n) is 6.08. The van der Waals surface area contributed by atoms with E-state index in [4.69, 9.17) is 0 Å². The predicted molar refractivity (Wildman–Crippen MR) is 134 cm³/mol. The van der Waals surface area contributed by atoms with E-state index in [1.54, 1.807) is 48.5 Å². The van der Waals surface area contributed by atoms with Crippen molar-refractivity contribution >= 4 is 23.2 Å². The highest BCUT2D eigenvalue weighted by Crippen LogP contribution is 2.46. The van der Waals surface area contributed by atoms with Gasteiger partial charge in [0.2, 0.25) is 0 Å². The fourth-order valence-electron chi connectivity index (χ4n) is 3.85. The molecule has 0 fully saturated rings. The maximum atomic E-state index is 14.4. The molecule has 0 radical (unpaired) electrons. The highest BCUT2D eigenvalue weighted by molar-refractivity contribution is 6.05. The Morgan fingerprint density at radius 3 is 1.19 bits per heavy atom. The molecule has 0 bridgehead atoms. The van der Waals surface area contributed by atoms with E-state index < -0.39 is 23.4 Å². The number of halogens is 3. The van der Waals surface area contributed by atoms with Crippen molar-refractivity contribution in [2.24, 2.45) is 0 Å². The van der Waals surface area contributed by atoms with Gasteiger partial charge in [-0.05, 0) is 66.6 Å². The molecule has 0 unspecified atom stereocenters. The van der Waals surface area contributed by atoms with Crippen molar-refractivity contribution in [3.63, 3.8) is 0 Å². The standard InChI is InChI=1S/C29H23F3N2O2/c1-28(29(30,31)32,22-16-12-20(13-17-22)26(35)33-24-8-4-2-5-9-24)23-18-14-21(15-19-23)27(36)34-25-10-6-3-7-11-25/h2-19H,1H3,(H,33,35)(H,34,36). The number of nitrogens with one attached hydrogen (secondary N) is 2. The molecule has 2 N–H and O–H groups in total. The first-order chi connectivity index (χ1) is 17.2. The Bertz CT molecular complexity index is 1240. The number of hydrogen-bond donors (Lipinski definition) is 2. The number of amides is 2. The fraction of sp³-hybridized carbons (Fsp3) is 0.103. The lowest BCUT2D eigenvalue weighted by atomic mass is 9.75. The Morgan fingerprint density at radius 1 is 0.556 bits per heavy atom. The quantitative estimate of drug-likeness (QED) is 0.305. The summed E-state index contributed by atoms with van der Waals surface area (Å²) < 4.78 is 43.2. The van der Waals surface area contributed by atoms with Crippen molar-refractivity contribution in [1.29, 1.82) is 0 Å². The summed E-state index contributed by atoms with van der Waals surface area (Å²) in [6.45, 7) is 1.09. The molecule has 4 aromatic rings. The fourth-order valence-corrected chi connectivity index (χ4v) is 3.85. The maximum Gasteiger partial charge on any atom is 0.402 e. The molecule has 0 aliphatic rings. The Morgan fingerprint density at radius 2 is 0.889 bits per heavy atom. The van der Waals surface area contributed by atoms with Gasteiger partial charge in [0.1, 0.15) is 5.41 Å². The number of carbonyl (C=O) groups is 2. The van der Waals surface area contributed by atoms with Gasteiger partial charge in [0.15, 0.2) is 0 Å². The molecule has 4 aromatic carbocycles. The SMILES string of the molecule is CC(c1ccc(C(=O)Nc2ccccc2)cc1)(c1ccc(C(=O)Nc2ccccc2)cc1)C(F)(F)F. The molecule has 4 rings (SSSR count). The number of alkyl halides is 3. The summed E-state index contributed by atoms with van der Waals surface area (Å²) in [5, 5.41) is 5.43. The van der Waals surface area contributed by atoms with E-state index in [2.05, 4.69) is 10.6 Å². The molecule has 0 heterocycles. The van der Waals surface area contributed by atoms with E-state index in [9.17, 15) is 22.8 Å². The van der Waals surface area contributed by atoms with Gasteiger partial charge < -0.3 is 10.6 Å². The van der Waals surface area contributed by atoms with Crippen molar-refractivity contribution in [2.75, 3.05) is 10.6 Å². The van der Waals surface area contributed by atoms with Crippen molar-refractivity contribution in [2.45, 2.75) is 18.5 Å². The van der Waals surface area contributed by atoms with E-state index in [0.29, 0.717) is 11.4 Å². The summed E-state index contributed by atoms with van der Waals surface area (Å²) in [6, 6.07) is 28.3. The molecule has 0 aliphatic heterocycles. The third kappa shape index (κ3) is 5.15. The Hall–Kier alpha value is -4.39. The van der Waals surface area contributed by atoms with Crippen LogP contribution in [-0.4, -0.2) is 18.0 Å². The Balaban J connectivity index is 1.58. The first-order valence-corrected chi connectivity index (χ1v) is 11.2. The minimum Gasteiger partial charge on any atom is -0.322 e. The van der Waals surface area contributed by atoms with Crippen molar-refractivity contribution in [3.8, 4) is 0 Å². The average Bonchev–Trinajstić information content (AvgIpc) is 2.89. The lowest BCUT2D eigenvalue weighted by molar-refractivity contribution is -0.173. The zero-order valence-electron chi connectivity index (χ0n) is 19.3. The smallest absolute Gasteiger partial charge is 0.322 e. The number of benzene rings is 4. The zero-order valence-corrected chi connectivity index (χ0v) is 19.3. The highest BCUT2D eigenvalue weighted by Gasteiger charge is 2.53. The lowest BCUT2D eigenvalue weighted by Crippen LogP contribution is -2.40. The summed E-state index contributed by atoms with van der Waals surface area (Å²) in [7, 11) is 0. The molecule has 0 saturated heterocycles. The number of rotatable bonds is 6. The van der Waals surface area contributed by atoms with Crippen LogP contribution in [0.25, 0.3) is 0 Å². The van der Waals surface area contributed by atoms with E-state index in [1.165, 1.54) is 48.5 Å². The normalized spacial score (nSPS) is 11.6. The second-order valence-electron chi connectivity index (χ2n) is 8.42. The van der Waals surface area contributed by atoms with Crippen LogP contribution in [0.3, 0.4) is 0 Å². The summed E-state index contributed by atoms with van der Waals surface area (Å²) in [5.41, 5.74) is -0.748. The molecule has 0 spiro atoms.